The smallest absolute Gasteiger partial charge is 0.269 e. The summed E-state index contributed by atoms with van der Waals surface area (Å²) in [5, 5.41) is 11.9. The quantitative estimate of drug-likeness (QED) is 0.309. The highest BCUT2D eigenvalue weighted by atomic mass is 32.2. The number of methoxy groups -OCH3 is 1. The number of ether oxygens (including phenoxy) is 1. The van der Waals surface area contributed by atoms with E-state index in [4.69, 9.17) is 9.72 Å². The van der Waals surface area contributed by atoms with E-state index in [-0.39, 0.29) is 11.2 Å². The monoisotopic (exact) mass is 393 g/mol. The largest absolute Gasteiger partial charge is 0.383 e. The molecule has 0 fully saturated rings. The molecule has 3 rings (SSSR count). The Hall–Kier alpha value is -1.84. The number of aromatic nitrogens is 2. The zero-order chi connectivity index (χ0) is 18.7. The summed E-state index contributed by atoms with van der Waals surface area (Å²) in [5.74, 6) is 0.503. The van der Waals surface area contributed by atoms with Crippen molar-refractivity contribution in [2.45, 2.75) is 40.9 Å². The van der Waals surface area contributed by atoms with Gasteiger partial charge in [-0.2, -0.15) is 0 Å². The van der Waals surface area contributed by atoms with E-state index in [1.165, 1.54) is 17.8 Å². The van der Waals surface area contributed by atoms with Crippen molar-refractivity contribution in [3.8, 4) is 0 Å². The van der Waals surface area contributed by atoms with E-state index in [0.717, 1.165) is 22.6 Å². The molecule has 0 bridgehead atoms. The summed E-state index contributed by atoms with van der Waals surface area (Å²) in [6, 6.07) is 6.52. The number of benzene rings is 1. The molecule has 2 aromatic rings. The highest BCUT2D eigenvalue weighted by molar-refractivity contribution is 8.00. The molecular formula is C17H19N3O4S2. The first-order valence-corrected chi connectivity index (χ1v) is 10.0. The lowest BCUT2D eigenvalue weighted by molar-refractivity contribution is -0.384. The third-order valence-corrected chi connectivity index (χ3v) is 6.23. The van der Waals surface area contributed by atoms with Gasteiger partial charge >= 0.3 is 0 Å². The van der Waals surface area contributed by atoms with E-state index in [1.807, 2.05) is 6.07 Å². The molecule has 1 atom stereocenters. The molecule has 9 heteroatoms. The molecule has 1 aromatic carbocycles. The van der Waals surface area contributed by atoms with Crippen LogP contribution in [0.25, 0.3) is 0 Å². The summed E-state index contributed by atoms with van der Waals surface area (Å²) in [6.45, 7) is 2.94. The number of rotatable bonds is 7. The van der Waals surface area contributed by atoms with Gasteiger partial charge in [-0.25, -0.2) is 4.98 Å². The van der Waals surface area contributed by atoms with E-state index in [0.29, 0.717) is 29.3 Å². The molecule has 1 aliphatic heterocycles. The summed E-state index contributed by atoms with van der Waals surface area (Å²) < 4.78 is 6.77. The summed E-state index contributed by atoms with van der Waals surface area (Å²) in [6.07, 6.45) is 0.782. The predicted octanol–water partition coefficient (Wildman–Crippen LogP) is 3.13. The fraction of sp³-hybridized carbons (Fsp3) is 0.412. The third kappa shape index (κ3) is 4.11. The van der Waals surface area contributed by atoms with Gasteiger partial charge in [-0.15, -0.1) is 11.8 Å². The van der Waals surface area contributed by atoms with Crippen LogP contribution in [0, 0.1) is 10.1 Å². The first-order valence-electron chi connectivity index (χ1n) is 8.15. The van der Waals surface area contributed by atoms with Crippen molar-refractivity contribution in [3.05, 3.63) is 56.0 Å². The Bertz CT molecular complexity index is 885. The highest BCUT2D eigenvalue weighted by Gasteiger charge is 2.26. The summed E-state index contributed by atoms with van der Waals surface area (Å²) in [4.78, 5) is 28.8. The Kier molecular flexibility index (Phi) is 6.00. The molecular weight excluding hydrogens is 374 g/mol. The van der Waals surface area contributed by atoms with Crippen molar-refractivity contribution in [2.75, 3.05) is 13.7 Å². The van der Waals surface area contributed by atoms with E-state index in [1.54, 1.807) is 35.6 Å². The van der Waals surface area contributed by atoms with Crippen LogP contribution in [0.2, 0.25) is 0 Å². The molecule has 1 unspecified atom stereocenters. The topological polar surface area (TPSA) is 87.3 Å². The maximum Gasteiger partial charge on any atom is 0.269 e. The SMILES string of the molecule is COCCn1c(SCc2cccc([N+](=O)[O-])c2)nc2c(c1=O)SC(C)C2. The van der Waals surface area contributed by atoms with Crippen molar-refractivity contribution >= 4 is 29.2 Å². The van der Waals surface area contributed by atoms with Crippen molar-refractivity contribution in [3.63, 3.8) is 0 Å². The molecule has 0 saturated carbocycles. The minimum Gasteiger partial charge on any atom is -0.383 e. The lowest BCUT2D eigenvalue weighted by Crippen LogP contribution is -2.27. The number of fused-ring (bicyclic) bond motifs is 1. The number of non-ortho nitro benzene ring substituents is 1. The lowest BCUT2D eigenvalue weighted by atomic mass is 10.2. The molecule has 0 spiro atoms. The standard InChI is InChI=1S/C17H19N3O4S2/c1-11-8-14-15(26-11)16(21)19(6-7-24-2)17(18-14)25-10-12-4-3-5-13(9-12)20(22)23/h3-5,9,11H,6-8,10H2,1-2H3. The van der Waals surface area contributed by atoms with Gasteiger partial charge in [0.25, 0.3) is 11.2 Å². The average Bonchev–Trinajstić information content (AvgIpc) is 3.00. The Labute approximate surface area is 159 Å². The van der Waals surface area contributed by atoms with Gasteiger partial charge in [0.05, 0.1) is 28.7 Å². The van der Waals surface area contributed by atoms with Crippen LogP contribution in [0.4, 0.5) is 5.69 Å². The molecule has 0 amide bonds. The normalized spacial score (nSPS) is 15.8. The lowest BCUT2D eigenvalue weighted by Gasteiger charge is -2.13. The van der Waals surface area contributed by atoms with Gasteiger partial charge in [0.2, 0.25) is 0 Å². The van der Waals surface area contributed by atoms with Crippen LogP contribution in [0.3, 0.4) is 0 Å². The zero-order valence-corrected chi connectivity index (χ0v) is 16.1. The molecule has 7 nitrogen and oxygen atoms in total. The van der Waals surface area contributed by atoms with Gasteiger partial charge in [-0.1, -0.05) is 30.8 Å². The fourth-order valence-corrected chi connectivity index (χ4v) is 4.83. The Morgan fingerprint density at radius 3 is 3.04 bits per heavy atom. The van der Waals surface area contributed by atoms with Crippen LogP contribution in [0.5, 0.6) is 0 Å². The number of nitro groups is 1. The van der Waals surface area contributed by atoms with Crippen LogP contribution in [0.15, 0.2) is 39.1 Å². The first kappa shape index (κ1) is 18.9. The number of nitro benzene ring substituents is 1. The van der Waals surface area contributed by atoms with Crippen molar-refractivity contribution in [2.24, 2.45) is 0 Å². The summed E-state index contributed by atoms with van der Waals surface area (Å²) in [7, 11) is 1.60. The Morgan fingerprint density at radius 2 is 2.31 bits per heavy atom. The molecule has 0 saturated heterocycles. The average molecular weight is 393 g/mol. The van der Waals surface area contributed by atoms with Crippen molar-refractivity contribution in [1.29, 1.82) is 0 Å². The van der Waals surface area contributed by atoms with Crippen LogP contribution < -0.4 is 5.56 Å². The minimum absolute atomic E-state index is 0.0251. The third-order valence-electron chi connectivity index (χ3n) is 3.97. The number of hydrogen-bond acceptors (Lipinski definition) is 7. The maximum atomic E-state index is 12.8. The second-order valence-electron chi connectivity index (χ2n) is 5.97. The van der Waals surface area contributed by atoms with Gasteiger partial charge in [0, 0.05) is 36.7 Å². The molecule has 26 heavy (non-hydrogen) atoms. The second kappa shape index (κ2) is 8.24. The van der Waals surface area contributed by atoms with Gasteiger partial charge < -0.3 is 4.74 Å². The van der Waals surface area contributed by atoms with Gasteiger partial charge in [0.15, 0.2) is 5.16 Å². The van der Waals surface area contributed by atoms with E-state index in [9.17, 15) is 14.9 Å². The summed E-state index contributed by atoms with van der Waals surface area (Å²) in [5.41, 5.74) is 1.71. The van der Waals surface area contributed by atoms with E-state index < -0.39 is 4.92 Å². The van der Waals surface area contributed by atoms with Gasteiger partial charge in [-0.05, 0) is 5.56 Å². The van der Waals surface area contributed by atoms with Crippen LogP contribution >= 0.6 is 23.5 Å². The molecule has 138 valence electrons. The number of nitrogens with zero attached hydrogens (tertiary/aromatic N) is 3. The number of thioether (sulfide) groups is 2. The first-order chi connectivity index (χ1) is 12.5. The molecule has 1 aliphatic rings. The summed E-state index contributed by atoms with van der Waals surface area (Å²) >= 11 is 2.99. The van der Waals surface area contributed by atoms with Gasteiger partial charge in [0.1, 0.15) is 0 Å². The maximum absolute atomic E-state index is 12.8. The number of hydrogen-bond donors (Lipinski definition) is 0. The predicted molar refractivity (Wildman–Crippen MR) is 102 cm³/mol. The molecule has 0 aliphatic carbocycles. The van der Waals surface area contributed by atoms with Gasteiger partial charge in [-0.3, -0.25) is 19.5 Å². The highest BCUT2D eigenvalue weighted by Crippen LogP contribution is 2.34. The van der Waals surface area contributed by atoms with Crippen LogP contribution in [-0.4, -0.2) is 33.4 Å². The van der Waals surface area contributed by atoms with Crippen LogP contribution in [0.1, 0.15) is 18.2 Å². The molecule has 0 N–H and O–H groups in total. The van der Waals surface area contributed by atoms with Crippen molar-refractivity contribution in [1.82, 2.24) is 9.55 Å². The van der Waals surface area contributed by atoms with Crippen molar-refractivity contribution < 1.29 is 9.66 Å². The molecule has 1 aromatic heterocycles. The minimum atomic E-state index is -0.408. The zero-order valence-electron chi connectivity index (χ0n) is 14.5. The fourth-order valence-electron chi connectivity index (χ4n) is 2.73. The molecule has 2 heterocycles. The van der Waals surface area contributed by atoms with Crippen LogP contribution in [-0.2, 0) is 23.5 Å². The molecule has 0 radical (unpaired) electrons. The second-order valence-corrected chi connectivity index (χ2v) is 8.36. The van der Waals surface area contributed by atoms with E-state index in [2.05, 4.69) is 6.92 Å². The Morgan fingerprint density at radius 1 is 1.50 bits per heavy atom. The Balaban J connectivity index is 1.88. The van der Waals surface area contributed by atoms with E-state index >= 15 is 0 Å².